The number of fused-ring (bicyclic) bond motifs is 1. The van der Waals surface area contributed by atoms with Crippen LogP contribution in [0.2, 0.25) is 0 Å². The number of nitrogens with zero attached hydrogens (tertiary/aromatic N) is 2. The summed E-state index contributed by atoms with van der Waals surface area (Å²) in [4.78, 5) is 33.2. The van der Waals surface area contributed by atoms with E-state index < -0.39 is 5.41 Å². The molecule has 1 fully saturated rings. The van der Waals surface area contributed by atoms with Gasteiger partial charge >= 0.3 is 0 Å². The van der Waals surface area contributed by atoms with Gasteiger partial charge in [0.1, 0.15) is 16.9 Å². The van der Waals surface area contributed by atoms with Crippen LogP contribution in [0.4, 0.5) is 11.4 Å². The van der Waals surface area contributed by atoms with E-state index in [1.165, 1.54) is 0 Å². The largest absolute Gasteiger partial charge is 0.493 e. The zero-order chi connectivity index (χ0) is 31.1. The number of ether oxygens (including phenoxy) is 4. The van der Waals surface area contributed by atoms with Gasteiger partial charge in [-0.1, -0.05) is 19.1 Å². The quantitative estimate of drug-likeness (QED) is 0.174. The number of carbonyl (C=O) groups excluding carboxylic acids is 2. The number of benzene rings is 3. The van der Waals surface area contributed by atoms with Crippen LogP contribution in [0.5, 0.6) is 23.0 Å². The molecule has 1 heterocycles. The molecule has 0 spiro atoms. The third-order valence-electron chi connectivity index (χ3n) is 7.82. The van der Waals surface area contributed by atoms with Crippen LogP contribution in [0.25, 0.3) is 10.9 Å². The third-order valence-corrected chi connectivity index (χ3v) is 7.82. The average molecular weight is 599 g/mol. The van der Waals surface area contributed by atoms with Crippen molar-refractivity contribution in [3.8, 4) is 23.0 Å². The maximum absolute atomic E-state index is 13.3. The topological polar surface area (TPSA) is 111 Å². The van der Waals surface area contributed by atoms with Crippen molar-refractivity contribution in [2.75, 3.05) is 51.7 Å². The summed E-state index contributed by atoms with van der Waals surface area (Å²) in [5.74, 6) is 1.71. The van der Waals surface area contributed by atoms with Crippen LogP contribution in [-0.4, -0.2) is 62.7 Å². The second-order valence-corrected chi connectivity index (χ2v) is 10.7. The highest BCUT2D eigenvalue weighted by Crippen LogP contribution is 2.47. The molecular weight excluding hydrogens is 560 g/mol. The highest BCUT2D eigenvalue weighted by molar-refractivity contribution is 6.16. The first kappa shape index (κ1) is 30.8. The summed E-state index contributed by atoms with van der Waals surface area (Å²) < 4.78 is 22.2. The van der Waals surface area contributed by atoms with Crippen molar-refractivity contribution in [1.82, 2.24) is 9.88 Å². The zero-order valence-corrected chi connectivity index (χ0v) is 25.5. The molecule has 2 amide bonds. The summed E-state index contributed by atoms with van der Waals surface area (Å²) in [6.07, 6.45) is 2.66. The van der Waals surface area contributed by atoms with Gasteiger partial charge in [0.15, 0.2) is 11.5 Å². The van der Waals surface area contributed by atoms with Gasteiger partial charge in [0.25, 0.3) is 0 Å². The van der Waals surface area contributed by atoms with Crippen molar-refractivity contribution in [2.24, 2.45) is 5.41 Å². The normalized spacial score (nSPS) is 13.4. The molecule has 1 saturated carbocycles. The van der Waals surface area contributed by atoms with Gasteiger partial charge in [0, 0.05) is 49.2 Å². The molecule has 0 aliphatic heterocycles. The lowest BCUT2D eigenvalue weighted by Gasteiger charge is -2.20. The Morgan fingerprint density at radius 1 is 0.864 bits per heavy atom. The Morgan fingerprint density at radius 3 is 2.23 bits per heavy atom. The summed E-state index contributed by atoms with van der Waals surface area (Å²) in [5, 5.41) is 6.65. The average Bonchev–Trinajstić information content (AvgIpc) is 3.86. The molecule has 10 heteroatoms. The molecule has 0 atom stereocenters. The summed E-state index contributed by atoms with van der Waals surface area (Å²) in [6, 6.07) is 20.2. The van der Waals surface area contributed by atoms with Crippen LogP contribution in [-0.2, 0) is 20.9 Å². The lowest BCUT2D eigenvalue weighted by atomic mass is 10.0. The van der Waals surface area contributed by atoms with E-state index in [1.807, 2.05) is 30.3 Å². The highest BCUT2D eigenvalue weighted by atomic mass is 16.5. The van der Waals surface area contributed by atoms with Crippen LogP contribution in [0.15, 0.2) is 72.9 Å². The van der Waals surface area contributed by atoms with Gasteiger partial charge in [-0.15, -0.1) is 0 Å². The first-order valence-electron chi connectivity index (χ1n) is 14.6. The number of likely N-dealkylation sites (N-methyl/N-ethyl adjacent to an activating group) is 1. The Morgan fingerprint density at radius 2 is 1.57 bits per heavy atom. The van der Waals surface area contributed by atoms with Crippen molar-refractivity contribution in [2.45, 2.75) is 26.3 Å². The van der Waals surface area contributed by atoms with Crippen LogP contribution in [0, 0.1) is 5.41 Å². The summed E-state index contributed by atoms with van der Waals surface area (Å²) >= 11 is 0. The van der Waals surface area contributed by atoms with Gasteiger partial charge in [-0.05, 0) is 73.5 Å². The number of nitrogens with one attached hydrogen (secondary N) is 2. The van der Waals surface area contributed by atoms with Crippen molar-refractivity contribution in [3.05, 3.63) is 78.5 Å². The van der Waals surface area contributed by atoms with E-state index in [9.17, 15) is 9.59 Å². The highest BCUT2D eigenvalue weighted by Gasteiger charge is 2.56. The van der Waals surface area contributed by atoms with Gasteiger partial charge in [0.05, 0.1) is 26.3 Å². The number of methoxy groups -OCH3 is 3. The van der Waals surface area contributed by atoms with Crippen molar-refractivity contribution in [1.29, 1.82) is 0 Å². The standard InChI is InChI=1S/C34H38N4O6/c1-5-38(17-18-41-2)22-23-7-6-8-25(19-23)37-33(40)34(14-15-34)32(39)36-24-9-11-26(12-10-24)44-29-13-16-35-28-21-31(43-4)30(42-3)20-27(28)29/h6-13,16,19-21H,5,14-15,17-18,22H2,1-4H3,(H,36,39)(H,37,40). The molecule has 2 N–H and O–H groups in total. The Balaban J connectivity index is 1.21. The molecule has 4 aromatic rings. The molecule has 1 aromatic heterocycles. The molecular formula is C34H38N4O6. The van der Waals surface area contributed by atoms with E-state index in [1.54, 1.807) is 63.9 Å². The van der Waals surface area contributed by atoms with Gasteiger partial charge in [0.2, 0.25) is 11.8 Å². The van der Waals surface area contributed by atoms with Crippen LogP contribution >= 0.6 is 0 Å². The fourth-order valence-electron chi connectivity index (χ4n) is 5.03. The van der Waals surface area contributed by atoms with Crippen LogP contribution in [0.1, 0.15) is 25.3 Å². The number of hydrogen-bond donors (Lipinski definition) is 2. The first-order valence-corrected chi connectivity index (χ1v) is 14.6. The van der Waals surface area contributed by atoms with Gasteiger partial charge in [-0.2, -0.15) is 0 Å². The monoisotopic (exact) mass is 598 g/mol. The number of pyridine rings is 1. The number of anilines is 2. The minimum atomic E-state index is -1.09. The molecule has 0 unspecified atom stereocenters. The molecule has 0 saturated heterocycles. The van der Waals surface area contributed by atoms with E-state index in [0.717, 1.165) is 30.6 Å². The molecule has 44 heavy (non-hydrogen) atoms. The van der Waals surface area contributed by atoms with Gasteiger partial charge in [-0.25, -0.2) is 0 Å². The van der Waals surface area contributed by atoms with E-state index in [4.69, 9.17) is 18.9 Å². The number of rotatable bonds is 14. The van der Waals surface area contributed by atoms with Crippen LogP contribution < -0.4 is 24.8 Å². The lowest BCUT2D eigenvalue weighted by molar-refractivity contribution is -0.131. The Bertz CT molecular complexity index is 1620. The van der Waals surface area contributed by atoms with Crippen molar-refractivity contribution in [3.63, 3.8) is 0 Å². The number of amides is 2. The summed E-state index contributed by atoms with van der Waals surface area (Å²) in [7, 11) is 4.85. The first-order chi connectivity index (χ1) is 21.4. The van der Waals surface area contributed by atoms with E-state index >= 15 is 0 Å². The fourth-order valence-corrected chi connectivity index (χ4v) is 5.03. The molecule has 0 radical (unpaired) electrons. The van der Waals surface area contributed by atoms with Gasteiger partial charge < -0.3 is 29.6 Å². The number of carbonyl (C=O) groups is 2. The second-order valence-electron chi connectivity index (χ2n) is 10.7. The van der Waals surface area contributed by atoms with E-state index in [-0.39, 0.29) is 11.8 Å². The number of hydrogen-bond acceptors (Lipinski definition) is 8. The van der Waals surface area contributed by atoms with Gasteiger partial charge in [-0.3, -0.25) is 19.5 Å². The predicted octanol–water partition coefficient (Wildman–Crippen LogP) is 5.87. The van der Waals surface area contributed by atoms with E-state index in [2.05, 4.69) is 27.4 Å². The second kappa shape index (κ2) is 13.7. The minimum absolute atomic E-state index is 0.296. The Kier molecular flexibility index (Phi) is 9.62. The smallest absolute Gasteiger partial charge is 0.240 e. The van der Waals surface area contributed by atoms with E-state index in [0.29, 0.717) is 59.3 Å². The minimum Gasteiger partial charge on any atom is -0.493 e. The predicted molar refractivity (Wildman–Crippen MR) is 170 cm³/mol. The molecule has 1 aliphatic carbocycles. The SMILES string of the molecule is CCN(CCOC)Cc1cccc(NC(=O)C2(C(=O)Nc3ccc(Oc4ccnc5cc(OC)c(OC)cc45)cc3)CC2)c1. The fraction of sp³-hybridized carbons (Fsp3) is 0.324. The maximum Gasteiger partial charge on any atom is 0.240 e. The van der Waals surface area contributed by atoms with Crippen molar-refractivity contribution >= 4 is 34.1 Å². The number of aromatic nitrogens is 1. The third kappa shape index (κ3) is 6.93. The Labute approximate surface area is 257 Å². The maximum atomic E-state index is 13.3. The molecule has 230 valence electrons. The molecule has 3 aromatic carbocycles. The molecule has 1 aliphatic rings. The zero-order valence-electron chi connectivity index (χ0n) is 25.5. The Hall–Kier alpha value is -4.67. The van der Waals surface area contributed by atoms with Crippen LogP contribution in [0.3, 0.4) is 0 Å². The lowest BCUT2D eigenvalue weighted by Crippen LogP contribution is -2.35. The molecule has 10 nitrogen and oxygen atoms in total. The van der Waals surface area contributed by atoms with Crippen molar-refractivity contribution < 1.29 is 28.5 Å². The summed E-state index contributed by atoms with van der Waals surface area (Å²) in [5.41, 5.74) is 1.94. The summed E-state index contributed by atoms with van der Waals surface area (Å²) in [6.45, 7) is 5.23. The molecule has 5 rings (SSSR count). The molecule has 0 bridgehead atoms.